The Hall–Kier alpha value is -0.0400. The van der Waals surface area contributed by atoms with Crippen molar-refractivity contribution in [3.05, 3.63) is 53.3 Å². The standard InChI is InChI=1S/C20H20Br4O2/c1-19(17-13(21)7-11(25)8-14(17)22)5-3-4-6-20(19,2)18-15(23)9-12(26)10-16(18)24/h7-10,25-26H,3-6H2,1-2H3. The van der Waals surface area contributed by atoms with E-state index in [0.29, 0.717) is 0 Å². The number of halogens is 4. The Labute approximate surface area is 187 Å². The summed E-state index contributed by atoms with van der Waals surface area (Å²) in [7, 11) is 0. The van der Waals surface area contributed by atoms with Crippen LogP contribution in [0.25, 0.3) is 0 Å². The van der Waals surface area contributed by atoms with Crippen LogP contribution in [0, 0.1) is 0 Å². The van der Waals surface area contributed by atoms with Crippen LogP contribution in [-0.2, 0) is 10.8 Å². The first-order valence-electron chi connectivity index (χ1n) is 8.47. The maximum atomic E-state index is 9.96. The highest BCUT2D eigenvalue weighted by Crippen LogP contribution is 2.59. The lowest BCUT2D eigenvalue weighted by atomic mass is 9.52. The second-order valence-corrected chi connectivity index (χ2v) is 10.9. The van der Waals surface area contributed by atoms with Gasteiger partial charge in [-0.15, -0.1) is 0 Å². The van der Waals surface area contributed by atoms with Gasteiger partial charge < -0.3 is 10.2 Å². The van der Waals surface area contributed by atoms with Crippen molar-refractivity contribution >= 4 is 63.7 Å². The summed E-state index contributed by atoms with van der Waals surface area (Å²) in [5.41, 5.74) is 2.01. The Morgan fingerprint density at radius 2 is 0.923 bits per heavy atom. The fourth-order valence-corrected chi connectivity index (χ4v) is 8.56. The summed E-state index contributed by atoms with van der Waals surface area (Å²) >= 11 is 14.8. The van der Waals surface area contributed by atoms with Crippen molar-refractivity contribution in [2.75, 3.05) is 0 Å². The third kappa shape index (κ3) is 3.29. The molecule has 1 fully saturated rings. The summed E-state index contributed by atoms with van der Waals surface area (Å²) in [6.45, 7) is 4.61. The Bertz CT molecular complexity index is 749. The molecule has 0 bridgehead atoms. The number of aromatic hydroxyl groups is 2. The molecule has 0 amide bonds. The monoisotopic (exact) mass is 608 g/mol. The molecule has 0 spiro atoms. The Kier molecular flexibility index (Phi) is 5.90. The predicted molar refractivity (Wildman–Crippen MR) is 120 cm³/mol. The lowest BCUT2D eigenvalue weighted by molar-refractivity contribution is 0.168. The third-order valence-electron chi connectivity index (χ3n) is 5.98. The van der Waals surface area contributed by atoms with E-state index in [1.54, 1.807) is 24.3 Å². The minimum atomic E-state index is -0.168. The van der Waals surface area contributed by atoms with Gasteiger partial charge in [-0.1, -0.05) is 90.4 Å². The smallest absolute Gasteiger partial charge is 0.117 e. The zero-order chi connectivity index (χ0) is 19.3. The van der Waals surface area contributed by atoms with Crippen LogP contribution < -0.4 is 0 Å². The van der Waals surface area contributed by atoms with E-state index in [2.05, 4.69) is 77.6 Å². The summed E-state index contributed by atoms with van der Waals surface area (Å²) in [6, 6.07) is 7.06. The van der Waals surface area contributed by atoms with Gasteiger partial charge in [0, 0.05) is 28.7 Å². The minimum absolute atomic E-state index is 0.168. The van der Waals surface area contributed by atoms with Crippen molar-refractivity contribution < 1.29 is 10.2 Å². The van der Waals surface area contributed by atoms with E-state index in [9.17, 15) is 10.2 Å². The van der Waals surface area contributed by atoms with Crippen molar-refractivity contribution in [1.29, 1.82) is 0 Å². The van der Waals surface area contributed by atoms with Gasteiger partial charge in [0.05, 0.1) is 0 Å². The molecule has 0 heterocycles. The van der Waals surface area contributed by atoms with E-state index in [-0.39, 0.29) is 22.3 Å². The van der Waals surface area contributed by atoms with Gasteiger partial charge in [-0.3, -0.25) is 0 Å². The zero-order valence-electron chi connectivity index (χ0n) is 14.5. The Morgan fingerprint density at radius 1 is 0.654 bits per heavy atom. The van der Waals surface area contributed by atoms with Crippen molar-refractivity contribution in [2.24, 2.45) is 0 Å². The van der Waals surface area contributed by atoms with Crippen molar-refractivity contribution in [3.63, 3.8) is 0 Å². The number of phenols is 2. The molecule has 2 N–H and O–H groups in total. The van der Waals surface area contributed by atoms with Crippen LogP contribution >= 0.6 is 63.7 Å². The maximum Gasteiger partial charge on any atom is 0.117 e. The fraction of sp³-hybridized carbons (Fsp3) is 0.400. The average Bonchev–Trinajstić information content (AvgIpc) is 2.48. The van der Waals surface area contributed by atoms with Crippen LogP contribution in [0.3, 0.4) is 0 Å². The van der Waals surface area contributed by atoms with E-state index in [1.165, 1.54) is 11.1 Å². The molecule has 0 aromatic heterocycles. The van der Waals surface area contributed by atoms with Crippen LogP contribution in [-0.4, -0.2) is 10.2 Å². The molecule has 1 saturated carbocycles. The normalized spacial score (nSPS) is 26.1. The highest BCUT2D eigenvalue weighted by Gasteiger charge is 2.51. The van der Waals surface area contributed by atoms with Crippen LogP contribution in [0.15, 0.2) is 42.2 Å². The number of rotatable bonds is 2. The third-order valence-corrected chi connectivity index (χ3v) is 8.48. The summed E-state index contributed by atoms with van der Waals surface area (Å²) < 4.78 is 3.63. The first-order valence-corrected chi connectivity index (χ1v) is 11.6. The van der Waals surface area contributed by atoms with Crippen LogP contribution in [0.5, 0.6) is 11.5 Å². The van der Waals surface area contributed by atoms with E-state index >= 15 is 0 Å². The summed E-state index contributed by atoms with van der Waals surface area (Å²) in [5, 5.41) is 19.9. The molecule has 0 radical (unpaired) electrons. The van der Waals surface area contributed by atoms with Gasteiger partial charge in [-0.2, -0.15) is 0 Å². The van der Waals surface area contributed by atoms with Gasteiger partial charge in [0.1, 0.15) is 11.5 Å². The SMILES string of the molecule is CC1(c2c(Br)cc(O)cc2Br)CCCCC1(C)c1c(Br)cc(O)cc1Br. The molecule has 2 nitrogen and oxygen atoms in total. The molecule has 1 aliphatic rings. The highest BCUT2D eigenvalue weighted by atomic mass is 79.9. The molecule has 6 heteroatoms. The minimum Gasteiger partial charge on any atom is -0.508 e. The van der Waals surface area contributed by atoms with E-state index < -0.39 is 0 Å². The highest BCUT2D eigenvalue weighted by molar-refractivity contribution is 9.11. The second kappa shape index (κ2) is 7.41. The number of hydrogen-bond donors (Lipinski definition) is 2. The molecule has 1 aliphatic carbocycles. The maximum absolute atomic E-state index is 9.96. The number of phenolic OH excluding ortho intramolecular Hbond substituents is 2. The Balaban J connectivity index is 2.30. The van der Waals surface area contributed by atoms with Gasteiger partial charge in [0.2, 0.25) is 0 Å². The number of benzene rings is 2. The Morgan fingerprint density at radius 3 is 1.19 bits per heavy atom. The van der Waals surface area contributed by atoms with E-state index in [0.717, 1.165) is 43.6 Å². The molecule has 2 aromatic carbocycles. The van der Waals surface area contributed by atoms with E-state index in [1.807, 2.05) is 0 Å². The van der Waals surface area contributed by atoms with Crippen molar-refractivity contribution in [2.45, 2.75) is 50.4 Å². The van der Waals surface area contributed by atoms with Gasteiger partial charge in [-0.25, -0.2) is 0 Å². The molecule has 2 unspecified atom stereocenters. The number of hydrogen-bond acceptors (Lipinski definition) is 2. The lowest BCUT2D eigenvalue weighted by Gasteiger charge is -2.52. The molecule has 2 atom stereocenters. The second-order valence-electron chi connectivity index (χ2n) is 7.44. The van der Waals surface area contributed by atoms with Crippen molar-refractivity contribution in [3.8, 4) is 11.5 Å². The first-order chi connectivity index (χ1) is 12.1. The molecule has 2 aromatic rings. The topological polar surface area (TPSA) is 40.5 Å². The zero-order valence-corrected chi connectivity index (χ0v) is 20.9. The van der Waals surface area contributed by atoms with Gasteiger partial charge in [0.15, 0.2) is 0 Å². The molecular formula is C20H20Br4O2. The van der Waals surface area contributed by atoms with Crippen molar-refractivity contribution in [1.82, 2.24) is 0 Å². The first kappa shape index (κ1) is 20.7. The molecule has 140 valence electrons. The molecule has 0 saturated heterocycles. The van der Waals surface area contributed by atoms with Crippen LogP contribution in [0.4, 0.5) is 0 Å². The van der Waals surface area contributed by atoms with Crippen LogP contribution in [0.2, 0.25) is 0 Å². The lowest BCUT2D eigenvalue weighted by Crippen LogP contribution is -2.48. The van der Waals surface area contributed by atoms with Crippen LogP contribution in [0.1, 0.15) is 50.7 Å². The average molecular weight is 612 g/mol. The summed E-state index contributed by atoms with van der Waals surface area (Å²) in [6.07, 6.45) is 4.37. The quantitative estimate of drug-likeness (QED) is 0.362. The molecule has 3 rings (SSSR count). The largest absolute Gasteiger partial charge is 0.508 e. The van der Waals surface area contributed by atoms with Gasteiger partial charge in [0.25, 0.3) is 0 Å². The molecular weight excluding hydrogens is 592 g/mol. The summed E-state index contributed by atoms with van der Waals surface area (Å²) in [5.74, 6) is 0.473. The molecule has 26 heavy (non-hydrogen) atoms. The van der Waals surface area contributed by atoms with E-state index in [4.69, 9.17) is 0 Å². The predicted octanol–water partition coefficient (Wildman–Crippen LogP) is 7.94. The van der Waals surface area contributed by atoms with Gasteiger partial charge >= 0.3 is 0 Å². The summed E-state index contributed by atoms with van der Waals surface area (Å²) in [4.78, 5) is 0. The molecule has 0 aliphatic heterocycles. The van der Waals surface area contributed by atoms with Gasteiger partial charge in [-0.05, 0) is 48.2 Å². The fourth-order valence-electron chi connectivity index (χ4n) is 4.48.